The fraction of sp³-hybridized carbons (Fsp3) is 0.500. The number of methoxy groups -OCH3 is 2. The Labute approximate surface area is 113 Å². The molecule has 104 valence electrons. The number of amides is 1. The van der Waals surface area contributed by atoms with Crippen LogP contribution < -0.4 is 9.47 Å². The molecule has 1 fully saturated rings. The first kappa shape index (κ1) is 13.7. The van der Waals surface area contributed by atoms with Crippen molar-refractivity contribution in [2.24, 2.45) is 0 Å². The second-order valence-corrected chi connectivity index (χ2v) is 4.50. The van der Waals surface area contributed by atoms with E-state index in [2.05, 4.69) is 0 Å². The average molecular weight is 265 g/mol. The van der Waals surface area contributed by atoms with Crippen molar-refractivity contribution < 1.29 is 19.0 Å². The number of carbonyl (C=O) groups is 1. The number of hydrogen-bond acceptors (Lipinski definition) is 4. The second kappa shape index (κ2) is 5.93. The Balaban J connectivity index is 2.26. The number of hydrogen-bond donors (Lipinski definition) is 0. The fourth-order valence-electron chi connectivity index (χ4n) is 2.15. The summed E-state index contributed by atoms with van der Waals surface area (Å²) in [4.78, 5) is 14.3. The van der Waals surface area contributed by atoms with Gasteiger partial charge in [0, 0.05) is 13.1 Å². The molecular weight excluding hydrogens is 246 g/mol. The minimum Gasteiger partial charge on any atom is -0.497 e. The molecule has 1 saturated heterocycles. The van der Waals surface area contributed by atoms with Gasteiger partial charge in [0.05, 0.1) is 32.5 Å². The predicted molar refractivity (Wildman–Crippen MR) is 70.9 cm³/mol. The zero-order valence-corrected chi connectivity index (χ0v) is 11.5. The molecule has 2 rings (SSSR count). The highest BCUT2D eigenvalue weighted by molar-refractivity contribution is 5.97. The third-order valence-corrected chi connectivity index (χ3v) is 3.17. The van der Waals surface area contributed by atoms with Gasteiger partial charge in [0.1, 0.15) is 11.5 Å². The van der Waals surface area contributed by atoms with Crippen molar-refractivity contribution in [2.75, 3.05) is 33.9 Å². The van der Waals surface area contributed by atoms with Crippen molar-refractivity contribution in [1.29, 1.82) is 0 Å². The van der Waals surface area contributed by atoms with Crippen LogP contribution in [0.15, 0.2) is 18.2 Å². The summed E-state index contributed by atoms with van der Waals surface area (Å²) < 4.78 is 15.9. The maximum absolute atomic E-state index is 12.5. The van der Waals surface area contributed by atoms with Gasteiger partial charge in [-0.3, -0.25) is 4.79 Å². The molecule has 1 unspecified atom stereocenters. The van der Waals surface area contributed by atoms with Crippen molar-refractivity contribution in [3.8, 4) is 11.5 Å². The van der Waals surface area contributed by atoms with Crippen molar-refractivity contribution in [2.45, 2.75) is 13.0 Å². The summed E-state index contributed by atoms with van der Waals surface area (Å²) in [7, 11) is 3.13. The fourth-order valence-corrected chi connectivity index (χ4v) is 2.15. The zero-order valence-electron chi connectivity index (χ0n) is 11.5. The van der Waals surface area contributed by atoms with Gasteiger partial charge in [0.25, 0.3) is 5.91 Å². The second-order valence-electron chi connectivity index (χ2n) is 4.50. The van der Waals surface area contributed by atoms with Gasteiger partial charge in [0.2, 0.25) is 0 Å². The molecule has 5 heteroatoms. The third-order valence-electron chi connectivity index (χ3n) is 3.17. The lowest BCUT2D eigenvalue weighted by molar-refractivity contribution is -0.0125. The number of nitrogens with zero attached hydrogens (tertiary/aromatic N) is 1. The van der Waals surface area contributed by atoms with E-state index in [0.29, 0.717) is 36.8 Å². The molecule has 1 amide bonds. The highest BCUT2D eigenvalue weighted by Crippen LogP contribution is 2.25. The first-order valence-electron chi connectivity index (χ1n) is 6.28. The van der Waals surface area contributed by atoms with E-state index in [4.69, 9.17) is 14.2 Å². The van der Waals surface area contributed by atoms with Crippen LogP contribution in [0.2, 0.25) is 0 Å². The van der Waals surface area contributed by atoms with E-state index in [9.17, 15) is 4.79 Å². The van der Waals surface area contributed by atoms with Gasteiger partial charge < -0.3 is 19.1 Å². The van der Waals surface area contributed by atoms with Crippen LogP contribution in [0.25, 0.3) is 0 Å². The lowest BCUT2D eigenvalue weighted by atomic mass is 10.1. The minimum atomic E-state index is -0.0501. The molecule has 0 aliphatic carbocycles. The van der Waals surface area contributed by atoms with Crippen LogP contribution in [-0.2, 0) is 4.74 Å². The number of ether oxygens (including phenoxy) is 3. The van der Waals surface area contributed by atoms with Crippen LogP contribution in [0.5, 0.6) is 11.5 Å². The molecule has 0 N–H and O–H groups in total. The summed E-state index contributed by atoms with van der Waals surface area (Å²) in [5, 5.41) is 0. The van der Waals surface area contributed by atoms with E-state index < -0.39 is 0 Å². The van der Waals surface area contributed by atoms with E-state index >= 15 is 0 Å². The van der Waals surface area contributed by atoms with E-state index in [1.54, 1.807) is 37.3 Å². The van der Waals surface area contributed by atoms with Crippen molar-refractivity contribution in [3.63, 3.8) is 0 Å². The number of rotatable bonds is 3. The minimum absolute atomic E-state index is 0.0501. The van der Waals surface area contributed by atoms with Gasteiger partial charge in [-0.1, -0.05) is 0 Å². The van der Waals surface area contributed by atoms with Crippen LogP contribution in [0.1, 0.15) is 17.3 Å². The normalized spacial score (nSPS) is 19.1. The molecule has 1 aliphatic heterocycles. The summed E-state index contributed by atoms with van der Waals surface area (Å²) in [6.07, 6.45) is 0.0642. The quantitative estimate of drug-likeness (QED) is 0.832. The van der Waals surface area contributed by atoms with E-state index in [0.717, 1.165) is 0 Å². The molecular formula is C14H19NO4. The monoisotopic (exact) mass is 265 g/mol. The first-order chi connectivity index (χ1) is 9.15. The molecule has 0 radical (unpaired) electrons. The Bertz CT molecular complexity index is 461. The molecule has 1 aromatic rings. The van der Waals surface area contributed by atoms with Gasteiger partial charge in [-0.15, -0.1) is 0 Å². The Kier molecular flexibility index (Phi) is 4.27. The molecule has 0 bridgehead atoms. The third kappa shape index (κ3) is 2.98. The van der Waals surface area contributed by atoms with E-state index in [1.807, 2.05) is 6.92 Å². The first-order valence-corrected chi connectivity index (χ1v) is 6.28. The number of carbonyl (C=O) groups excluding carboxylic acids is 1. The van der Waals surface area contributed by atoms with Gasteiger partial charge in [-0.2, -0.15) is 0 Å². The lowest BCUT2D eigenvalue weighted by Crippen LogP contribution is -2.44. The lowest BCUT2D eigenvalue weighted by Gasteiger charge is -2.31. The summed E-state index contributed by atoms with van der Waals surface area (Å²) in [5.74, 6) is 1.15. The Hall–Kier alpha value is -1.75. The molecule has 1 aromatic carbocycles. The van der Waals surface area contributed by atoms with Crippen molar-refractivity contribution in [3.05, 3.63) is 23.8 Å². The molecule has 0 spiro atoms. The van der Waals surface area contributed by atoms with Gasteiger partial charge >= 0.3 is 0 Å². The maximum atomic E-state index is 12.5. The molecule has 1 atom stereocenters. The summed E-state index contributed by atoms with van der Waals surface area (Å²) in [6.45, 7) is 3.73. The molecule has 1 heterocycles. The number of morpholine rings is 1. The van der Waals surface area contributed by atoms with Gasteiger partial charge in [-0.25, -0.2) is 0 Å². The van der Waals surface area contributed by atoms with E-state index in [-0.39, 0.29) is 12.0 Å². The standard InChI is InChI=1S/C14H19NO4/c1-10-9-15(6-7-19-10)14(16)12-8-11(17-2)4-5-13(12)18-3/h4-5,8,10H,6-7,9H2,1-3H3. The molecule has 5 nitrogen and oxygen atoms in total. The topological polar surface area (TPSA) is 48.0 Å². The van der Waals surface area contributed by atoms with Crippen LogP contribution in [0.3, 0.4) is 0 Å². The smallest absolute Gasteiger partial charge is 0.257 e. The summed E-state index contributed by atoms with van der Waals surface area (Å²) >= 11 is 0. The van der Waals surface area contributed by atoms with Crippen LogP contribution in [0.4, 0.5) is 0 Å². The molecule has 0 saturated carbocycles. The zero-order chi connectivity index (χ0) is 13.8. The van der Waals surface area contributed by atoms with Gasteiger partial charge in [0.15, 0.2) is 0 Å². The van der Waals surface area contributed by atoms with Crippen LogP contribution in [0, 0.1) is 0 Å². The SMILES string of the molecule is COc1ccc(OC)c(C(=O)N2CCOC(C)C2)c1. The number of benzene rings is 1. The molecule has 0 aromatic heterocycles. The molecule has 19 heavy (non-hydrogen) atoms. The van der Waals surface area contributed by atoms with Gasteiger partial charge in [-0.05, 0) is 25.1 Å². The Morgan fingerprint density at radius 3 is 2.79 bits per heavy atom. The summed E-state index contributed by atoms with van der Waals surface area (Å²) in [6, 6.07) is 5.23. The van der Waals surface area contributed by atoms with Crippen LogP contribution >= 0.6 is 0 Å². The largest absolute Gasteiger partial charge is 0.497 e. The highest BCUT2D eigenvalue weighted by atomic mass is 16.5. The van der Waals surface area contributed by atoms with E-state index in [1.165, 1.54) is 0 Å². The average Bonchev–Trinajstić information content (AvgIpc) is 2.45. The predicted octanol–water partition coefficient (Wildman–Crippen LogP) is 1.56. The molecule has 1 aliphatic rings. The maximum Gasteiger partial charge on any atom is 0.257 e. The highest BCUT2D eigenvalue weighted by Gasteiger charge is 2.25. The summed E-state index contributed by atoms with van der Waals surface area (Å²) in [5.41, 5.74) is 0.524. The van der Waals surface area contributed by atoms with Crippen LogP contribution in [-0.4, -0.2) is 50.8 Å². The Morgan fingerprint density at radius 2 is 2.16 bits per heavy atom. The van der Waals surface area contributed by atoms with Crippen molar-refractivity contribution >= 4 is 5.91 Å². The Morgan fingerprint density at radius 1 is 1.37 bits per heavy atom. The van der Waals surface area contributed by atoms with Crippen molar-refractivity contribution in [1.82, 2.24) is 4.90 Å².